The summed E-state index contributed by atoms with van der Waals surface area (Å²) in [6.45, 7) is -0.0984. The van der Waals surface area contributed by atoms with Crippen molar-refractivity contribution in [1.29, 1.82) is 0 Å². The molecule has 0 spiro atoms. The molecule has 0 radical (unpaired) electrons. The van der Waals surface area contributed by atoms with Gasteiger partial charge in [-0.1, -0.05) is 0 Å². The summed E-state index contributed by atoms with van der Waals surface area (Å²) in [4.78, 5) is 4.03. The van der Waals surface area contributed by atoms with Crippen molar-refractivity contribution in [1.82, 2.24) is 14.6 Å². The van der Waals surface area contributed by atoms with Crippen molar-refractivity contribution in [3.05, 3.63) is 18.5 Å². The Morgan fingerprint density at radius 2 is 2.40 bits per heavy atom. The molecule has 0 unspecified atom stereocenters. The molecule has 2 N–H and O–H groups in total. The maximum Gasteiger partial charge on any atom is 0.240 e. The number of rotatable bonds is 4. The fourth-order valence-corrected chi connectivity index (χ4v) is 1.25. The second-order valence-corrected chi connectivity index (χ2v) is 3.02. The third kappa shape index (κ3) is 1.98. The molecule has 0 aliphatic heterocycles. The van der Waals surface area contributed by atoms with Crippen LogP contribution in [0.1, 0.15) is 6.42 Å². The maximum atomic E-state index is 11.9. The Morgan fingerprint density at radius 3 is 3.20 bits per heavy atom. The van der Waals surface area contributed by atoms with Gasteiger partial charge in [0.1, 0.15) is 11.3 Å². The Kier molecular flexibility index (Phi) is 2.66. The minimum atomic E-state index is -0.398. The number of hydrogen-bond acceptors (Lipinski definition) is 4. The third-order valence-corrected chi connectivity index (χ3v) is 1.89. The molecular weight excluding hydrogens is 199 g/mol. The summed E-state index contributed by atoms with van der Waals surface area (Å²) >= 11 is 0. The largest absolute Gasteiger partial charge is 0.476 e. The highest BCUT2D eigenvalue weighted by molar-refractivity contribution is 5.60. The maximum absolute atomic E-state index is 11.9. The zero-order valence-electron chi connectivity index (χ0n) is 8.06. The second-order valence-electron chi connectivity index (χ2n) is 3.02. The summed E-state index contributed by atoms with van der Waals surface area (Å²) in [5, 5.41) is 4.00. The molecule has 0 saturated heterocycles. The quantitative estimate of drug-likeness (QED) is 0.766. The zero-order valence-corrected chi connectivity index (χ0v) is 8.06. The van der Waals surface area contributed by atoms with Crippen molar-refractivity contribution < 1.29 is 9.13 Å². The molecule has 5 nitrogen and oxygen atoms in total. The molecule has 80 valence electrons. The summed E-state index contributed by atoms with van der Waals surface area (Å²) in [5.41, 5.74) is 6.23. The van der Waals surface area contributed by atoms with Crippen molar-refractivity contribution in [3.8, 4) is 5.88 Å². The number of aromatic nitrogens is 3. The van der Waals surface area contributed by atoms with Gasteiger partial charge in [-0.3, -0.25) is 4.39 Å². The molecule has 0 fully saturated rings. The Morgan fingerprint density at radius 1 is 1.53 bits per heavy atom. The average molecular weight is 210 g/mol. The van der Waals surface area contributed by atoms with Crippen molar-refractivity contribution in [2.24, 2.45) is 0 Å². The van der Waals surface area contributed by atoms with Gasteiger partial charge in [-0.25, -0.2) is 9.50 Å². The third-order valence-electron chi connectivity index (χ3n) is 1.89. The minimum Gasteiger partial charge on any atom is -0.476 e. The highest BCUT2D eigenvalue weighted by Gasteiger charge is 2.06. The van der Waals surface area contributed by atoms with E-state index in [1.165, 1.54) is 0 Å². The standard InChI is InChI=1S/C9H11FN4O/c10-2-1-5-15-9-7-6-8(11)13-14(7)4-3-12-9/h3-4,6H,1-2,5H2,(H2,11,13). The molecule has 0 saturated carbocycles. The summed E-state index contributed by atoms with van der Waals surface area (Å²) in [6.07, 6.45) is 3.59. The molecule has 0 bridgehead atoms. The molecule has 2 aromatic rings. The summed E-state index contributed by atoms with van der Waals surface area (Å²) in [7, 11) is 0. The van der Waals surface area contributed by atoms with Crippen molar-refractivity contribution in [3.63, 3.8) is 0 Å². The van der Waals surface area contributed by atoms with Gasteiger partial charge in [-0.15, -0.1) is 0 Å². The number of hydrogen-bond donors (Lipinski definition) is 1. The number of alkyl halides is 1. The van der Waals surface area contributed by atoms with Crippen LogP contribution in [0.2, 0.25) is 0 Å². The van der Waals surface area contributed by atoms with Gasteiger partial charge in [0.25, 0.3) is 0 Å². The van der Waals surface area contributed by atoms with Crippen LogP contribution in [0, 0.1) is 0 Å². The summed E-state index contributed by atoms with van der Waals surface area (Å²) < 4.78 is 18.8. The topological polar surface area (TPSA) is 65.4 Å². The van der Waals surface area contributed by atoms with Crippen LogP contribution in [0.25, 0.3) is 5.52 Å². The van der Waals surface area contributed by atoms with Crippen LogP contribution in [0.4, 0.5) is 10.2 Å². The second kappa shape index (κ2) is 4.12. The Balaban J connectivity index is 2.25. The first kappa shape index (κ1) is 9.70. The van der Waals surface area contributed by atoms with Crippen LogP contribution >= 0.6 is 0 Å². The van der Waals surface area contributed by atoms with Crippen LogP contribution in [-0.2, 0) is 0 Å². The Labute approximate surface area is 85.7 Å². The molecular formula is C9H11FN4O. The summed E-state index contributed by atoms with van der Waals surface area (Å²) in [6, 6.07) is 1.66. The normalized spacial score (nSPS) is 10.7. The number of anilines is 1. The zero-order chi connectivity index (χ0) is 10.7. The number of ether oxygens (including phenoxy) is 1. The molecule has 0 amide bonds. The predicted octanol–water partition coefficient (Wildman–Crippen LogP) is 1.05. The van der Waals surface area contributed by atoms with Gasteiger partial charge in [-0.2, -0.15) is 5.10 Å². The first-order valence-corrected chi connectivity index (χ1v) is 4.60. The van der Waals surface area contributed by atoms with E-state index in [9.17, 15) is 4.39 Å². The van der Waals surface area contributed by atoms with Crippen molar-refractivity contribution in [2.45, 2.75) is 6.42 Å². The molecule has 15 heavy (non-hydrogen) atoms. The van der Waals surface area contributed by atoms with E-state index < -0.39 is 6.67 Å². The van der Waals surface area contributed by atoms with Gasteiger partial charge in [-0.05, 0) is 0 Å². The Bertz CT molecular complexity index is 456. The highest BCUT2D eigenvalue weighted by atomic mass is 19.1. The number of nitrogen functional groups attached to an aromatic ring is 1. The molecule has 2 aromatic heterocycles. The van der Waals surface area contributed by atoms with Crippen molar-refractivity contribution >= 4 is 11.3 Å². The first-order valence-electron chi connectivity index (χ1n) is 4.60. The lowest BCUT2D eigenvalue weighted by atomic mass is 10.4. The van der Waals surface area contributed by atoms with E-state index in [0.717, 1.165) is 0 Å². The lowest BCUT2D eigenvalue weighted by Gasteiger charge is -2.04. The predicted molar refractivity (Wildman–Crippen MR) is 53.5 cm³/mol. The van der Waals surface area contributed by atoms with E-state index in [2.05, 4.69) is 10.1 Å². The molecule has 0 aromatic carbocycles. The van der Waals surface area contributed by atoms with Gasteiger partial charge in [0.05, 0.1) is 13.3 Å². The van der Waals surface area contributed by atoms with Crippen LogP contribution in [0.5, 0.6) is 5.88 Å². The van der Waals surface area contributed by atoms with Gasteiger partial charge in [0.15, 0.2) is 0 Å². The lowest BCUT2D eigenvalue weighted by Crippen LogP contribution is -2.01. The number of nitrogens with zero attached hydrogens (tertiary/aromatic N) is 3. The van der Waals surface area contributed by atoms with Gasteiger partial charge < -0.3 is 10.5 Å². The molecule has 0 atom stereocenters. The van der Waals surface area contributed by atoms with E-state index >= 15 is 0 Å². The van der Waals surface area contributed by atoms with E-state index in [1.807, 2.05) is 0 Å². The fraction of sp³-hybridized carbons (Fsp3) is 0.333. The van der Waals surface area contributed by atoms with Crippen LogP contribution in [0.3, 0.4) is 0 Å². The monoisotopic (exact) mass is 210 g/mol. The SMILES string of the molecule is Nc1cc2c(OCCCF)nccn2n1. The fourth-order valence-electron chi connectivity index (χ4n) is 1.25. The molecule has 0 aliphatic rings. The van der Waals surface area contributed by atoms with Gasteiger partial charge >= 0.3 is 0 Å². The Hall–Kier alpha value is -1.85. The number of halogens is 1. The van der Waals surface area contributed by atoms with Gasteiger partial charge in [0.2, 0.25) is 5.88 Å². The van der Waals surface area contributed by atoms with E-state index in [0.29, 0.717) is 30.2 Å². The van der Waals surface area contributed by atoms with E-state index in [1.54, 1.807) is 23.0 Å². The minimum absolute atomic E-state index is 0.300. The molecule has 2 heterocycles. The average Bonchev–Trinajstić information content (AvgIpc) is 2.59. The van der Waals surface area contributed by atoms with Crippen LogP contribution < -0.4 is 10.5 Å². The van der Waals surface area contributed by atoms with E-state index in [-0.39, 0.29) is 0 Å². The van der Waals surface area contributed by atoms with Crippen LogP contribution in [0.15, 0.2) is 18.5 Å². The lowest BCUT2D eigenvalue weighted by molar-refractivity contribution is 0.282. The number of fused-ring (bicyclic) bond motifs is 1. The summed E-state index contributed by atoms with van der Waals surface area (Å²) in [5.74, 6) is 0.827. The molecule has 0 aliphatic carbocycles. The molecule has 2 rings (SSSR count). The van der Waals surface area contributed by atoms with Crippen LogP contribution in [-0.4, -0.2) is 27.9 Å². The van der Waals surface area contributed by atoms with Crippen molar-refractivity contribution in [2.75, 3.05) is 19.0 Å². The molecule has 6 heteroatoms. The number of nitrogens with two attached hydrogens (primary N) is 1. The van der Waals surface area contributed by atoms with Gasteiger partial charge in [0, 0.05) is 24.9 Å². The first-order chi connectivity index (χ1) is 7.31. The smallest absolute Gasteiger partial charge is 0.240 e. The van der Waals surface area contributed by atoms with E-state index in [4.69, 9.17) is 10.5 Å². The highest BCUT2D eigenvalue weighted by Crippen LogP contribution is 2.18.